The SMILES string of the molecule is CC(=O)c1ccc(CN2CCN(C3CC3)CC2)cc1. The quantitative estimate of drug-likeness (QED) is 0.773. The standard InChI is InChI=1S/C16H22N2O/c1-13(19)15-4-2-14(3-5-15)12-17-8-10-18(11-9-17)16-6-7-16/h2-5,16H,6-12H2,1H3. The molecule has 3 heteroatoms. The van der Waals surface area contributed by atoms with E-state index in [1.807, 2.05) is 12.1 Å². The monoisotopic (exact) mass is 258 g/mol. The number of nitrogens with zero attached hydrogens (tertiary/aromatic N) is 2. The first-order valence-electron chi connectivity index (χ1n) is 7.28. The molecule has 102 valence electrons. The van der Waals surface area contributed by atoms with E-state index in [1.165, 1.54) is 44.6 Å². The lowest BCUT2D eigenvalue weighted by Crippen LogP contribution is -2.46. The van der Waals surface area contributed by atoms with Crippen molar-refractivity contribution in [2.45, 2.75) is 32.4 Å². The highest BCUT2D eigenvalue weighted by atomic mass is 16.1. The molecule has 0 aromatic heterocycles. The minimum atomic E-state index is 0.143. The van der Waals surface area contributed by atoms with Gasteiger partial charge in [0.1, 0.15) is 0 Å². The molecule has 0 amide bonds. The average molecular weight is 258 g/mol. The zero-order valence-corrected chi connectivity index (χ0v) is 11.6. The number of rotatable bonds is 4. The highest BCUT2D eigenvalue weighted by Crippen LogP contribution is 2.27. The summed E-state index contributed by atoms with van der Waals surface area (Å²) in [6.45, 7) is 7.41. The minimum Gasteiger partial charge on any atom is -0.298 e. The Balaban J connectivity index is 1.52. The largest absolute Gasteiger partial charge is 0.298 e. The van der Waals surface area contributed by atoms with Crippen molar-refractivity contribution in [2.75, 3.05) is 26.2 Å². The number of Topliss-reactive ketones (excluding diaryl/α,β-unsaturated/α-hetero) is 1. The van der Waals surface area contributed by atoms with Crippen LogP contribution in [0.15, 0.2) is 24.3 Å². The molecule has 2 aliphatic rings. The van der Waals surface area contributed by atoms with Crippen LogP contribution in [0.3, 0.4) is 0 Å². The van der Waals surface area contributed by atoms with Crippen LogP contribution in [0.4, 0.5) is 0 Å². The molecule has 1 saturated carbocycles. The van der Waals surface area contributed by atoms with Gasteiger partial charge in [-0.25, -0.2) is 0 Å². The van der Waals surface area contributed by atoms with Crippen LogP contribution in [-0.4, -0.2) is 47.8 Å². The summed E-state index contributed by atoms with van der Waals surface area (Å²) in [6.07, 6.45) is 2.82. The van der Waals surface area contributed by atoms with E-state index >= 15 is 0 Å². The van der Waals surface area contributed by atoms with Crippen molar-refractivity contribution in [2.24, 2.45) is 0 Å². The third kappa shape index (κ3) is 3.23. The predicted molar refractivity (Wildman–Crippen MR) is 76.3 cm³/mol. The van der Waals surface area contributed by atoms with E-state index in [4.69, 9.17) is 0 Å². The molecular weight excluding hydrogens is 236 g/mol. The Labute approximate surface area is 115 Å². The second-order valence-corrected chi connectivity index (χ2v) is 5.80. The third-order valence-electron chi connectivity index (χ3n) is 4.24. The molecule has 0 spiro atoms. The molecule has 0 unspecified atom stereocenters. The molecule has 19 heavy (non-hydrogen) atoms. The summed E-state index contributed by atoms with van der Waals surface area (Å²) in [6, 6.07) is 8.96. The highest BCUT2D eigenvalue weighted by Gasteiger charge is 2.30. The number of piperazine rings is 1. The number of hydrogen-bond donors (Lipinski definition) is 0. The summed E-state index contributed by atoms with van der Waals surface area (Å²) in [5.74, 6) is 0.143. The van der Waals surface area contributed by atoms with Gasteiger partial charge >= 0.3 is 0 Å². The number of benzene rings is 1. The van der Waals surface area contributed by atoms with Gasteiger partial charge in [0.15, 0.2) is 5.78 Å². The van der Waals surface area contributed by atoms with Crippen LogP contribution in [-0.2, 0) is 6.54 Å². The van der Waals surface area contributed by atoms with Crippen LogP contribution in [0, 0.1) is 0 Å². The van der Waals surface area contributed by atoms with Gasteiger partial charge in [-0.1, -0.05) is 24.3 Å². The fourth-order valence-electron chi connectivity index (χ4n) is 2.83. The van der Waals surface area contributed by atoms with Gasteiger partial charge in [-0.15, -0.1) is 0 Å². The molecule has 0 N–H and O–H groups in total. The Kier molecular flexibility index (Phi) is 3.67. The van der Waals surface area contributed by atoms with Crippen molar-refractivity contribution < 1.29 is 4.79 Å². The summed E-state index contributed by atoms with van der Waals surface area (Å²) in [4.78, 5) is 16.4. The number of carbonyl (C=O) groups excluding carboxylic acids is 1. The van der Waals surface area contributed by atoms with Gasteiger partial charge in [0, 0.05) is 44.3 Å². The van der Waals surface area contributed by atoms with Crippen LogP contribution in [0.2, 0.25) is 0 Å². The maximum atomic E-state index is 11.2. The number of hydrogen-bond acceptors (Lipinski definition) is 3. The predicted octanol–water partition coefficient (Wildman–Crippen LogP) is 2.17. The van der Waals surface area contributed by atoms with Crippen LogP contribution in [0.1, 0.15) is 35.7 Å². The molecule has 0 bridgehead atoms. The van der Waals surface area contributed by atoms with Crippen molar-refractivity contribution in [3.8, 4) is 0 Å². The van der Waals surface area contributed by atoms with E-state index in [-0.39, 0.29) is 5.78 Å². The molecule has 0 atom stereocenters. The smallest absolute Gasteiger partial charge is 0.159 e. The topological polar surface area (TPSA) is 23.6 Å². The van der Waals surface area contributed by atoms with Crippen LogP contribution < -0.4 is 0 Å². The fourth-order valence-corrected chi connectivity index (χ4v) is 2.83. The van der Waals surface area contributed by atoms with E-state index in [0.717, 1.165) is 18.2 Å². The lowest BCUT2D eigenvalue weighted by atomic mass is 10.1. The van der Waals surface area contributed by atoms with Crippen molar-refractivity contribution in [3.63, 3.8) is 0 Å². The summed E-state index contributed by atoms with van der Waals surface area (Å²) in [5.41, 5.74) is 2.12. The molecule has 2 fully saturated rings. The van der Waals surface area contributed by atoms with Crippen molar-refractivity contribution in [3.05, 3.63) is 35.4 Å². The molecule has 1 saturated heterocycles. The van der Waals surface area contributed by atoms with Gasteiger partial charge in [0.2, 0.25) is 0 Å². The fraction of sp³-hybridized carbons (Fsp3) is 0.562. The van der Waals surface area contributed by atoms with Gasteiger partial charge < -0.3 is 0 Å². The second kappa shape index (κ2) is 5.43. The number of carbonyl (C=O) groups is 1. The van der Waals surface area contributed by atoms with E-state index in [2.05, 4.69) is 21.9 Å². The van der Waals surface area contributed by atoms with Gasteiger partial charge in [-0.3, -0.25) is 14.6 Å². The molecule has 1 aromatic rings. The van der Waals surface area contributed by atoms with Crippen LogP contribution >= 0.6 is 0 Å². The molecule has 3 nitrogen and oxygen atoms in total. The number of ketones is 1. The zero-order chi connectivity index (χ0) is 13.2. The maximum Gasteiger partial charge on any atom is 0.159 e. The van der Waals surface area contributed by atoms with Crippen molar-refractivity contribution >= 4 is 5.78 Å². The van der Waals surface area contributed by atoms with Gasteiger partial charge in [0.25, 0.3) is 0 Å². The molecule has 1 aliphatic heterocycles. The normalized spacial score (nSPS) is 21.5. The Bertz CT molecular complexity index is 442. The first kappa shape index (κ1) is 12.8. The van der Waals surface area contributed by atoms with E-state index < -0.39 is 0 Å². The molecule has 1 aromatic carbocycles. The van der Waals surface area contributed by atoms with Crippen LogP contribution in [0.5, 0.6) is 0 Å². The van der Waals surface area contributed by atoms with Crippen molar-refractivity contribution in [1.82, 2.24) is 9.80 Å². The Morgan fingerprint density at radius 1 is 1.11 bits per heavy atom. The lowest BCUT2D eigenvalue weighted by Gasteiger charge is -2.34. The van der Waals surface area contributed by atoms with Gasteiger partial charge in [-0.05, 0) is 25.3 Å². The summed E-state index contributed by atoms with van der Waals surface area (Å²) in [7, 11) is 0. The molecular formula is C16H22N2O. The molecule has 1 aliphatic carbocycles. The highest BCUT2D eigenvalue weighted by molar-refractivity contribution is 5.93. The van der Waals surface area contributed by atoms with E-state index in [0.29, 0.717) is 0 Å². The zero-order valence-electron chi connectivity index (χ0n) is 11.6. The Morgan fingerprint density at radius 2 is 1.74 bits per heavy atom. The summed E-state index contributed by atoms with van der Waals surface area (Å²) >= 11 is 0. The third-order valence-corrected chi connectivity index (χ3v) is 4.24. The van der Waals surface area contributed by atoms with Crippen molar-refractivity contribution in [1.29, 1.82) is 0 Å². The molecule has 3 rings (SSSR count). The average Bonchev–Trinajstić information content (AvgIpc) is 3.25. The molecule has 1 heterocycles. The van der Waals surface area contributed by atoms with Gasteiger partial charge in [-0.2, -0.15) is 0 Å². The van der Waals surface area contributed by atoms with E-state index in [9.17, 15) is 4.79 Å². The van der Waals surface area contributed by atoms with Crippen LogP contribution in [0.25, 0.3) is 0 Å². The van der Waals surface area contributed by atoms with Gasteiger partial charge in [0.05, 0.1) is 0 Å². The maximum absolute atomic E-state index is 11.2. The summed E-state index contributed by atoms with van der Waals surface area (Å²) < 4.78 is 0. The lowest BCUT2D eigenvalue weighted by molar-refractivity contribution is 0.101. The summed E-state index contributed by atoms with van der Waals surface area (Å²) in [5, 5.41) is 0. The first-order valence-corrected chi connectivity index (χ1v) is 7.28. The first-order chi connectivity index (χ1) is 9.22. The molecule has 0 radical (unpaired) electrons. The Hall–Kier alpha value is -1.19. The minimum absolute atomic E-state index is 0.143. The second-order valence-electron chi connectivity index (χ2n) is 5.80. The van der Waals surface area contributed by atoms with E-state index in [1.54, 1.807) is 6.92 Å². The Morgan fingerprint density at radius 3 is 2.26 bits per heavy atom.